The molecule has 0 unspecified atom stereocenters. The Balaban J connectivity index is 1.44. The largest absolute Gasteiger partial charge is 0.459 e. The highest BCUT2D eigenvalue weighted by Crippen LogP contribution is 2.23. The molecule has 0 aliphatic carbocycles. The number of carbonyl (C=O) groups excluding carboxylic acids is 5. The summed E-state index contributed by atoms with van der Waals surface area (Å²) in [4.78, 5) is 67.3. The van der Waals surface area contributed by atoms with E-state index in [1.807, 2.05) is 0 Å². The maximum atomic E-state index is 12.7. The zero-order valence-electron chi connectivity index (χ0n) is 19.9. The van der Waals surface area contributed by atoms with Crippen LogP contribution < -0.4 is 0 Å². The fraction of sp³-hybridized carbons (Fsp3) is 0.346. The van der Waals surface area contributed by atoms with Crippen LogP contribution in [0.1, 0.15) is 62.2 Å². The van der Waals surface area contributed by atoms with Crippen molar-refractivity contribution in [3.05, 3.63) is 70.8 Å². The zero-order valence-corrected chi connectivity index (χ0v) is 19.9. The van der Waals surface area contributed by atoms with Gasteiger partial charge in [0.05, 0.1) is 28.8 Å². The molecule has 2 aliphatic heterocycles. The van der Waals surface area contributed by atoms with E-state index in [2.05, 4.69) is 0 Å². The van der Waals surface area contributed by atoms with E-state index in [4.69, 9.17) is 4.74 Å². The van der Waals surface area contributed by atoms with Crippen molar-refractivity contribution in [1.82, 2.24) is 14.7 Å². The summed E-state index contributed by atoms with van der Waals surface area (Å²) < 4.78 is 5.42. The number of benzene rings is 2. The van der Waals surface area contributed by atoms with Crippen molar-refractivity contribution < 1.29 is 28.7 Å². The van der Waals surface area contributed by atoms with E-state index in [1.54, 1.807) is 74.2 Å². The molecule has 0 saturated heterocycles. The van der Waals surface area contributed by atoms with Gasteiger partial charge in [-0.3, -0.25) is 38.7 Å². The van der Waals surface area contributed by atoms with Gasteiger partial charge in [0, 0.05) is 26.2 Å². The lowest BCUT2D eigenvalue weighted by molar-refractivity contribution is -0.156. The molecule has 2 aliphatic rings. The highest BCUT2D eigenvalue weighted by molar-refractivity contribution is 6.22. The van der Waals surface area contributed by atoms with Crippen molar-refractivity contribution in [3.63, 3.8) is 0 Å². The van der Waals surface area contributed by atoms with Crippen molar-refractivity contribution >= 4 is 29.6 Å². The number of rotatable bonds is 8. The van der Waals surface area contributed by atoms with Gasteiger partial charge < -0.3 is 4.74 Å². The molecule has 9 nitrogen and oxygen atoms in total. The van der Waals surface area contributed by atoms with Crippen LogP contribution in [0.15, 0.2) is 48.5 Å². The van der Waals surface area contributed by atoms with Gasteiger partial charge in [-0.25, -0.2) is 0 Å². The first-order valence-corrected chi connectivity index (χ1v) is 11.4. The van der Waals surface area contributed by atoms with Gasteiger partial charge >= 0.3 is 5.97 Å². The predicted molar refractivity (Wildman–Crippen MR) is 126 cm³/mol. The Hall–Kier alpha value is -3.85. The van der Waals surface area contributed by atoms with Gasteiger partial charge in [-0.1, -0.05) is 24.3 Å². The molecule has 0 fully saturated rings. The average Bonchev–Trinajstić information content (AvgIpc) is 3.19. The van der Waals surface area contributed by atoms with Gasteiger partial charge in [0.25, 0.3) is 23.6 Å². The molecule has 0 atom stereocenters. The summed E-state index contributed by atoms with van der Waals surface area (Å²) >= 11 is 0. The molecule has 0 aromatic heterocycles. The number of ether oxygens (including phenoxy) is 1. The minimum atomic E-state index is -0.687. The van der Waals surface area contributed by atoms with Crippen molar-refractivity contribution in [1.29, 1.82) is 0 Å². The van der Waals surface area contributed by atoms with Gasteiger partial charge in [-0.15, -0.1) is 0 Å². The summed E-state index contributed by atoms with van der Waals surface area (Å²) in [7, 11) is 0. The number of nitrogens with zero attached hydrogens (tertiary/aromatic N) is 3. The molecule has 4 amide bonds. The van der Waals surface area contributed by atoms with Crippen molar-refractivity contribution in [3.8, 4) is 0 Å². The summed E-state index contributed by atoms with van der Waals surface area (Å²) in [6.07, 6.45) is 0. The third-order valence-electron chi connectivity index (χ3n) is 5.81. The lowest BCUT2D eigenvalue weighted by Gasteiger charge is -2.27. The quantitative estimate of drug-likeness (QED) is 0.424. The van der Waals surface area contributed by atoms with E-state index < -0.39 is 11.6 Å². The number of imide groups is 2. The molecular weight excluding hydrogens is 450 g/mol. The van der Waals surface area contributed by atoms with E-state index in [0.717, 1.165) is 9.80 Å². The van der Waals surface area contributed by atoms with E-state index in [1.165, 1.54) is 0 Å². The molecule has 35 heavy (non-hydrogen) atoms. The second-order valence-electron chi connectivity index (χ2n) is 9.48. The first-order valence-electron chi connectivity index (χ1n) is 11.4. The number of fused-ring (bicyclic) bond motifs is 2. The highest BCUT2D eigenvalue weighted by atomic mass is 16.6. The molecule has 2 aromatic rings. The number of amides is 4. The van der Waals surface area contributed by atoms with E-state index in [-0.39, 0.29) is 56.4 Å². The molecule has 0 N–H and O–H groups in total. The van der Waals surface area contributed by atoms with Crippen LogP contribution >= 0.6 is 0 Å². The van der Waals surface area contributed by atoms with Crippen molar-refractivity contribution in [2.24, 2.45) is 0 Å². The summed E-state index contributed by atoms with van der Waals surface area (Å²) in [5.41, 5.74) is 0.710. The Kier molecular flexibility index (Phi) is 6.53. The Bertz CT molecular complexity index is 1070. The predicted octanol–water partition coefficient (Wildman–Crippen LogP) is 2.22. The normalized spacial score (nSPS) is 15.2. The molecule has 0 bridgehead atoms. The lowest BCUT2D eigenvalue weighted by Crippen LogP contribution is -2.45. The van der Waals surface area contributed by atoms with Gasteiger partial charge in [0.15, 0.2) is 0 Å². The summed E-state index contributed by atoms with van der Waals surface area (Å²) in [5.74, 6) is -2.03. The molecule has 0 saturated carbocycles. The van der Waals surface area contributed by atoms with Gasteiger partial charge in [-0.05, 0) is 45.0 Å². The maximum absolute atomic E-state index is 12.7. The first kappa shape index (κ1) is 24.3. The molecule has 4 rings (SSSR count). The Morgan fingerprint density at radius 2 is 1.06 bits per heavy atom. The second kappa shape index (κ2) is 9.42. The van der Waals surface area contributed by atoms with Crippen LogP contribution in [0.25, 0.3) is 0 Å². The third-order valence-corrected chi connectivity index (χ3v) is 5.81. The Morgan fingerprint density at radius 3 is 1.37 bits per heavy atom. The molecular formula is C26H27N3O6. The monoisotopic (exact) mass is 477 g/mol. The maximum Gasteiger partial charge on any atom is 0.320 e. The SMILES string of the molecule is CC(C)(C)OC(=O)CN(CCN1C(=O)c2ccccc2C1=O)CCN1C(=O)c2ccccc2C1=O. The smallest absolute Gasteiger partial charge is 0.320 e. The van der Waals surface area contributed by atoms with Crippen LogP contribution in [0.4, 0.5) is 0 Å². The molecule has 2 heterocycles. The Labute approximate surface area is 203 Å². The number of carbonyl (C=O) groups is 5. The standard InChI is InChI=1S/C26H27N3O6/c1-26(2,3)35-21(30)16-27(12-14-28-22(31)17-8-4-5-9-18(17)23(28)32)13-15-29-24(33)19-10-6-7-11-20(19)25(29)34/h4-11H,12-16H2,1-3H3. The number of hydrogen-bond donors (Lipinski definition) is 0. The van der Waals surface area contributed by atoms with E-state index in [0.29, 0.717) is 22.3 Å². The first-order chi connectivity index (χ1) is 16.6. The van der Waals surface area contributed by atoms with Crippen LogP contribution in [0.3, 0.4) is 0 Å². The molecule has 0 spiro atoms. The van der Waals surface area contributed by atoms with E-state index in [9.17, 15) is 24.0 Å². The van der Waals surface area contributed by atoms with Crippen molar-refractivity contribution in [2.45, 2.75) is 26.4 Å². The number of hydrogen-bond acceptors (Lipinski definition) is 7. The topological polar surface area (TPSA) is 104 Å². The Morgan fingerprint density at radius 1 is 0.714 bits per heavy atom. The lowest BCUT2D eigenvalue weighted by atomic mass is 10.1. The molecule has 182 valence electrons. The molecule has 0 radical (unpaired) electrons. The fourth-order valence-corrected chi connectivity index (χ4v) is 4.19. The summed E-state index contributed by atoms with van der Waals surface area (Å²) in [6, 6.07) is 13.2. The van der Waals surface area contributed by atoms with Crippen LogP contribution in [-0.2, 0) is 9.53 Å². The summed E-state index contributed by atoms with van der Waals surface area (Å²) in [5, 5.41) is 0. The van der Waals surface area contributed by atoms with Gasteiger partial charge in [0.2, 0.25) is 0 Å². The summed E-state index contributed by atoms with van der Waals surface area (Å²) in [6.45, 7) is 5.60. The highest BCUT2D eigenvalue weighted by Gasteiger charge is 2.37. The third kappa shape index (κ3) is 5.00. The molecule has 2 aromatic carbocycles. The minimum Gasteiger partial charge on any atom is -0.459 e. The number of esters is 1. The van der Waals surface area contributed by atoms with Crippen LogP contribution in [0.5, 0.6) is 0 Å². The molecule has 9 heteroatoms. The second-order valence-corrected chi connectivity index (χ2v) is 9.48. The average molecular weight is 478 g/mol. The van der Waals surface area contributed by atoms with Crippen LogP contribution in [0.2, 0.25) is 0 Å². The van der Waals surface area contributed by atoms with Gasteiger partial charge in [-0.2, -0.15) is 0 Å². The van der Waals surface area contributed by atoms with Crippen molar-refractivity contribution in [2.75, 3.05) is 32.7 Å². The van der Waals surface area contributed by atoms with Crippen LogP contribution in [-0.4, -0.2) is 82.6 Å². The van der Waals surface area contributed by atoms with Crippen LogP contribution in [0, 0.1) is 0 Å². The van der Waals surface area contributed by atoms with Gasteiger partial charge in [0.1, 0.15) is 5.60 Å². The zero-order chi connectivity index (χ0) is 25.3. The fourth-order valence-electron chi connectivity index (χ4n) is 4.19. The minimum absolute atomic E-state index is 0.0528. The van der Waals surface area contributed by atoms with E-state index >= 15 is 0 Å².